The van der Waals surface area contributed by atoms with E-state index < -0.39 is 0 Å². The van der Waals surface area contributed by atoms with Gasteiger partial charge in [-0.3, -0.25) is 0 Å². The number of anilines is 1. The van der Waals surface area contributed by atoms with Gasteiger partial charge < -0.3 is 9.32 Å². The minimum Gasteiger partial charge on any atom is -0.455 e. The van der Waals surface area contributed by atoms with E-state index in [-0.39, 0.29) is 5.41 Å². The van der Waals surface area contributed by atoms with Crippen LogP contribution in [0.5, 0.6) is 0 Å². The van der Waals surface area contributed by atoms with Gasteiger partial charge in [-0.1, -0.05) is 128 Å². The number of benzene rings is 4. The summed E-state index contributed by atoms with van der Waals surface area (Å²) in [5, 5.41) is 3.55. The van der Waals surface area contributed by atoms with Gasteiger partial charge in [0, 0.05) is 59.9 Å². The first-order valence-corrected chi connectivity index (χ1v) is 24.9. The number of para-hydroxylation sites is 2. The van der Waals surface area contributed by atoms with E-state index in [1.165, 1.54) is 77.6 Å². The molecule has 7 atom stereocenters. The zero-order valence-corrected chi connectivity index (χ0v) is 36.9. The molecule has 0 bridgehead atoms. The van der Waals surface area contributed by atoms with Crippen LogP contribution in [0.15, 0.2) is 181 Å². The fourth-order valence-corrected chi connectivity index (χ4v) is 16.5. The van der Waals surface area contributed by atoms with Gasteiger partial charge in [-0.05, 0) is 133 Å². The van der Waals surface area contributed by atoms with Crippen LogP contribution in [0.1, 0.15) is 83.1 Å². The molecule has 4 heteroatoms. The molecule has 6 aliphatic carbocycles. The van der Waals surface area contributed by atoms with Crippen LogP contribution in [0.4, 0.5) is 5.69 Å². The number of hydrogen-bond donors (Lipinski definition) is 0. The van der Waals surface area contributed by atoms with E-state index in [1.54, 1.807) is 38.3 Å². The van der Waals surface area contributed by atoms with Crippen molar-refractivity contribution in [3.8, 4) is 11.1 Å². The predicted octanol–water partition coefficient (Wildman–Crippen LogP) is 15.7. The zero-order valence-electron chi connectivity index (χ0n) is 35.3. The zero-order chi connectivity index (χ0) is 40.4. The van der Waals surface area contributed by atoms with E-state index in [1.807, 2.05) is 0 Å². The summed E-state index contributed by atoms with van der Waals surface area (Å²) in [5.74, 6) is 2.50. The second-order valence-corrected chi connectivity index (χ2v) is 21.8. The predicted molar refractivity (Wildman–Crippen MR) is 258 cm³/mol. The number of hydrogen-bond acceptors (Lipinski definition) is 4. The van der Waals surface area contributed by atoms with Crippen molar-refractivity contribution in [2.45, 2.75) is 99.0 Å². The highest BCUT2D eigenvalue weighted by atomic mass is 32.2. The summed E-state index contributed by atoms with van der Waals surface area (Å²) >= 11 is 4.33. The Morgan fingerprint density at radius 1 is 0.738 bits per heavy atom. The Morgan fingerprint density at radius 3 is 2.49 bits per heavy atom. The van der Waals surface area contributed by atoms with E-state index >= 15 is 0 Å². The lowest BCUT2D eigenvalue weighted by Gasteiger charge is -2.43. The van der Waals surface area contributed by atoms with Gasteiger partial charge in [0.2, 0.25) is 0 Å². The summed E-state index contributed by atoms with van der Waals surface area (Å²) in [5.41, 5.74) is 17.2. The standard InChI is InChI=1S/C57H53NOS2/c1-57(2)48-32-31-46-43-13-5-8-20-52(43)61-56(46)53(48)47-30-29-38(33-49(47)57)58(36-25-21-34(22-26-36)39-14-9-16-44-41-11-3-6-18-50(41)59-54(39)44)37-27-23-35(24-28-37)40-15-10-17-45-42-12-4-7-19-51(42)60-55(40)45/h3-4,6-9,11-12,14-16,18-23,25-27,29-30,38,43,45,47,49,52,55H,5,10,13,17,24,28,31-33H2,1-2H3. The number of allylic oxidation sites excluding steroid dienone is 10. The maximum absolute atomic E-state index is 6.51. The molecule has 0 radical (unpaired) electrons. The summed E-state index contributed by atoms with van der Waals surface area (Å²) in [6.07, 6.45) is 28.7. The van der Waals surface area contributed by atoms with Crippen molar-refractivity contribution in [3.63, 3.8) is 0 Å². The Hall–Kier alpha value is -4.64. The van der Waals surface area contributed by atoms with E-state index in [0.29, 0.717) is 34.3 Å². The van der Waals surface area contributed by atoms with Gasteiger partial charge in [0.25, 0.3) is 0 Å². The molecule has 5 aromatic rings. The highest BCUT2D eigenvalue weighted by Crippen LogP contribution is 2.65. The summed E-state index contributed by atoms with van der Waals surface area (Å²) in [4.78, 5) is 5.94. The second-order valence-electron chi connectivity index (χ2n) is 19.4. The van der Waals surface area contributed by atoms with Crippen molar-refractivity contribution in [1.29, 1.82) is 0 Å². The Kier molecular flexibility index (Phi) is 8.60. The highest BCUT2D eigenvalue weighted by molar-refractivity contribution is 8.04. The molecule has 0 saturated heterocycles. The third-order valence-corrected chi connectivity index (χ3v) is 19.1. The molecule has 61 heavy (non-hydrogen) atoms. The van der Waals surface area contributed by atoms with Gasteiger partial charge >= 0.3 is 0 Å². The number of fused-ring (bicyclic) bond motifs is 11. The Bertz CT molecular complexity index is 2870. The van der Waals surface area contributed by atoms with Crippen LogP contribution in [0, 0.1) is 23.2 Å². The molecule has 0 fully saturated rings. The Balaban J connectivity index is 0.864. The van der Waals surface area contributed by atoms with Crippen molar-refractivity contribution >= 4 is 51.1 Å². The quantitative estimate of drug-likeness (QED) is 0.164. The molecule has 0 spiro atoms. The van der Waals surface area contributed by atoms with Crippen LogP contribution in [-0.4, -0.2) is 16.5 Å². The molecule has 7 unspecified atom stereocenters. The van der Waals surface area contributed by atoms with E-state index in [0.717, 1.165) is 35.5 Å². The monoisotopic (exact) mass is 831 g/mol. The Morgan fingerprint density at radius 2 is 1.59 bits per heavy atom. The first-order chi connectivity index (χ1) is 30.0. The molecule has 0 saturated carbocycles. The van der Waals surface area contributed by atoms with E-state index in [2.05, 4.69) is 176 Å². The number of furan rings is 1. The first-order valence-electron chi connectivity index (χ1n) is 23.1. The summed E-state index contributed by atoms with van der Waals surface area (Å²) in [7, 11) is 0. The third-order valence-electron chi connectivity index (χ3n) is 16.2. The smallest absolute Gasteiger partial charge is 0.143 e. The fraction of sp³-hybridized carbons (Fsp3) is 0.333. The normalized spacial score (nSPS) is 29.4. The third kappa shape index (κ3) is 5.70. The number of rotatable bonds is 5. The molecular weight excluding hydrogens is 779 g/mol. The highest BCUT2D eigenvalue weighted by Gasteiger charge is 2.53. The summed E-state index contributed by atoms with van der Waals surface area (Å²) < 4.78 is 6.51. The Labute approximate surface area is 369 Å². The average molecular weight is 832 g/mol. The topological polar surface area (TPSA) is 16.4 Å². The lowest BCUT2D eigenvalue weighted by molar-refractivity contribution is 0.221. The first kappa shape index (κ1) is 37.0. The van der Waals surface area contributed by atoms with E-state index in [9.17, 15) is 0 Å². The summed E-state index contributed by atoms with van der Waals surface area (Å²) in [6.45, 7) is 5.19. The van der Waals surface area contributed by atoms with Gasteiger partial charge in [0.1, 0.15) is 11.2 Å². The molecule has 4 aromatic carbocycles. The van der Waals surface area contributed by atoms with Crippen LogP contribution in [0.3, 0.4) is 0 Å². The van der Waals surface area contributed by atoms with Crippen molar-refractivity contribution in [2.24, 2.45) is 23.2 Å². The number of nitrogens with zero attached hydrogens (tertiary/aromatic N) is 1. The van der Waals surface area contributed by atoms with Gasteiger partial charge in [-0.2, -0.15) is 0 Å². The molecule has 2 aliphatic heterocycles. The van der Waals surface area contributed by atoms with Gasteiger partial charge in [-0.15, -0.1) is 23.5 Å². The molecule has 0 amide bonds. The van der Waals surface area contributed by atoms with Crippen molar-refractivity contribution < 1.29 is 4.42 Å². The molecule has 8 aliphatic rings. The second kappa shape index (κ2) is 14.2. The van der Waals surface area contributed by atoms with Gasteiger partial charge in [-0.25, -0.2) is 0 Å². The minimum atomic E-state index is 0.182. The van der Waals surface area contributed by atoms with E-state index in [4.69, 9.17) is 4.42 Å². The van der Waals surface area contributed by atoms with Crippen molar-refractivity contribution in [2.75, 3.05) is 4.90 Å². The molecule has 2 nitrogen and oxygen atoms in total. The van der Waals surface area contributed by atoms with Crippen LogP contribution in [0.25, 0.3) is 33.1 Å². The molecule has 3 heterocycles. The van der Waals surface area contributed by atoms with Crippen LogP contribution < -0.4 is 4.90 Å². The lowest BCUT2D eigenvalue weighted by Crippen LogP contribution is -2.41. The average Bonchev–Trinajstić information content (AvgIpc) is 4.05. The summed E-state index contributed by atoms with van der Waals surface area (Å²) in [6, 6.07) is 33.9. The fourth-order valence-electron chi connectivity index (χ4n) is 13.2. The lowest BCUT2D eigenvalue weighted by atomic mass is 9.68. The molecular formula is C57H53NOS2. The maximum Gasteiger partial charge on any atom is 0.143 e. The van der Waals surface area contributed by atoms with Crippen LogP contribution in [0.2, 0.25) is 0 Å². The molecule has 13 rings (SSSR count). The van der Waals surface area contributed by atoms with Gasteiger partial charge in [0.05, 0.1) is 6.04 Å². The van der Waals surface area contributed by atoms with Crippen LogP contribution in [-0.2, 0) is 0 Å². The largest absolute Gasteiger partial charge is 0.455 e. The number of thioether (sulfide) groups is 2. The SMILES string of the molecule is CC1(C)C2=C(C3=C(CC2)C2CCC=CC2S3)C2C=CC(N(C3=CC=C(C4=CCCC5c6ccccc6SC45)CC3)c3ccc(-c4cccc5c4oc4ccccc45)cc3)CC21. The van der Waals surface area contributed by atoms with Gasteiger partial charge in [0.15, 0.2) is 0 Å². The maximum atomic E-state index is 6.51. The molecule has 0 N–H and O–H groups in total. The van der Waals surface area contributed by atoms with Crippen molar-refractivity contribution in [1.82, 2.24) is 0 Å². The van der Waals surface area contributed by atoms with Crippen LogP contribution >= 0.6 is 23.5 Å². The molecule has 304 valence electrons. The minimum absolute atomic E-state index is 0.182. The molecule has 1 aromatic heterocycles. The van der Waals surface area contributed by atoms with Crippen molar-refractivity contribution in [3.05, 3.63) is 178 Å².